The summed E-state index contributed by atoms with van der Waals surface area (Å²) in [5, 5.41) is 27.5. The van der Waals surface area contributed by atoms with Crippen LogP contribution in [-0.4, -0.2) is 56.9 Å². The Labute approximate surface area is 191 Å². The number of nitrogens with zero attached hydrogens (tertiary/aromatic N) is 6. The third-order valence-electron chi connectivity index (χ3n) is 5.30. The highest BCUT2D eigenvalue weighted by molar-refractivity contribution is 7.19. The Morgan fingerprint density at radius 1 is 1.18 bits per heavy atom. The van der Waals surface area contributed by atoms with E-state index >= 15 is 0 Å². The Morgan fingerprint density at radius 3 is 2.76 bits per heavy atom. The van der Waals surface area contributed by atoms with Gasteiger partial charge in [-0.3, -0.25) is 14.9 Å². The molecular weight excluding hydrogens is 446 g/mol. The van der Waals surface area contributed by atoms with Gasteiger partial charge >= 0.3 is 0 Å². The van der Waals surface area contributed by atoms with E-state index in [-0.39, 0.29) is 11.3 Å². The van der Waals surface area contributed by atoms with Crippen LogP contribution in [0.15, 0.2) is 42.5 Å². The highest BCUT2D eigenvalue weighted by atomic mass is 32.1. The van der Waals surface area contributed by atoms with Crippen molar-refractivity contribution in [2.75, 3.05) is 36.5 Å². The van der Waals surface area contributed by atoms with E-state index in [1.165, 1.54) is 23.5 Å². The van der Waals surface area contributed by atoms with Gasteiger partial charge in [-0.2, -0.15) is 9.61 Å². The molecular formula is C21H19N7O4S. The molecule has 3 heterocycles. The number of aryl methyl sites for hydroxylation is 1. The molecule has 0 unspecified atom stereocenters. The Balaban J connectivity index is 1.45. The number of fused-ring (bicyclic) bond motifs is 1. The molecule has 0 spiro atoms. The van der Waals surface area contributed by atoms with Gasteiger partial charge in [-0.1, -0.05) is 23.5 Å². The number of aromatic nitrogens is 4. The molecule has 0 atom stereocenters. The van der Waals surface area contributed by atoms with Crippen LogP contribution in [0.1, 0.15) is 16.2 Å². The quantitative estimate of drug-likeness (QED) is 0.352. The van der Waals surface area contributed by atoms with Crippen molar-refractivity contribution in [1.82, 2.24) is 19.8 Å². The minimum atomic E-state index is -0.504. The standard InChI is InChI=1S/C21H19N7O4S/c1-13-23-24-21-27(13)25-20(33-21)14-3-2-4-15(11-14)22-19(29)17-12-16(28(30)31)5-6-18(17)26-7-9-32-10-8-26/h2-6,11-12H,7-10H2,1H3,(H,22,29). The van der Waals surface area contributed by atoms with E-state index in [2.05, 4.69) is 20.6 Å². The fourth-order valence-electron chi connectivity index (χ4n) is 3.66. The summed E-state index contributed by atoms with van der Waals surface area (Å²) in [5.41, 5.74) is 2.11. The van der Waals surface area contributed by atoms with Crippen molar-refractivity contribution in [1.29, 1.82) is 0 Å². The molecule has 33 heavy (non-hydrogen) atoms. The van der Waals surface area contributed by atoms with Crippen molar-refractivity contribution in [2.24, 2.45) is 0 Å². The lowest BCUT2D eigenvalue weighted by Gasteiger charge is -2.30. The summed E-state index contributed by atoms with van der Waals surface area (Å²) in [6, 6.07) is 11.6. The summed E-state index contributed by atoms with van der Waals surface area (Å²) in [6.07, 6.45) is 0. The number of morpholine rings is 1. The van der Waals surface area contributed by atoms with Gasteiger partial charge in [-0.05, 0) is 25.1 Å². The maximum absolute atomic E-state index is 13.2. The van der Waals surface area contributed by atoms with Gasteiger partial charge in [0.2, 0.25) is 4.96 Å². The first-order chi connectivity index (χ1) is 16.0. The van der Waals surface area contributed by atoms with Gasteiger partial charge in [-0.15, -0.1) is 10.2 Å². The van der Waals surface area contributed by atoms with Gasteiger partial charge in [0.25, 0.3) is 11.6 Å². The number of nitro groups is 1. The number of benzene rings is 2. The average Bonchev–Trinajstić information content (AvgIpc) is 3.41. The number of carbonyl (C=O) groups is 1. The Morgan fingerprint density at radius 2 is 2.00 bits per heavy atom. The van der Waals surface area contributed by atoms with E-state index in [1.54, 1.807) is 16.6 Å². The summed E-state index contributed by atoms with van der Waals surface area (Å²) in [6.45, 7) is 4.10. The monoisotopic (exact) mass is 465 g/mol. The fraction of sp³-hybridized carbons (Fsp3) is 0.238. The lowest BCUT2D eigenvalue weighted by molar-refractivity contribution is -0.384. The van der Waals surface area contributed by atoms with Gasteiger partial charge in [0, 0.05) is 36.5 Å². The van der Waals surface area contributed by atoms with E-state index in [4.69, 9.17) is 4.74 Å². The molecule has 1 N–H and O–H groups in total. The lowest BCUT2D eigenvalue weighted by Crippen LogP contribution is -2.37. The van der Waals surface area contributed by atoms with Gasteiger partial charge in [0.05, 0.1) is 29.4 Å². The largest absolute Gasteiger partial charge is 0.378 e. The average molecular weight is 465 g/mol. The Kier molecular flexibility index (Phi) is 5.44. The number of amides is 1. The third-order valence-corrected chi connectivity index (χ3v) is 6.25. The summed E-state index contributed by atoms with van der Waals surface area (Å²) < 4.78 is 7.06. The normalized spacial score (nSPS) is 13.9. The zero-order chi connectivity index (χ0) is 22.9. The molecule has 0 bridgehead atoms. The summed E-state index contributed by atoms with van der Waals surface area (Å²) in [4.78, 5) is 26.7. The van der Waals surface area contributed by atoms with Crippen LogP contribution >= 0.6 is 11.3 Å². The number of hydrogen-bond acceptors (Lipinski definition) is 9. The van der Waals surface area contributed by atoms with Gasteiger partial charge in [-0.25, -0.2) is 0 Å². The number of nitro benzene ring substituents is 1. The number of hydrogen-bond donors (Lipinski definition) is 1. The van der Waals surface area contributed by atoms with Crippen molar-refractivity contribution >= 4 is 39.3 Å². The predicted molar refractivity (Wildman–Crippen MR) is 123 cm³/mol. The maximum atomic E-state index is 13.2. The number of nitrogens with one attached hydrogen (secondary N) is 1. The first-order valence-electron chi connectivity index (χ1n) is 10.2. The number of carbonyl (C=O) groups excluding carboxylic acids is 1. The van der Waals surface area contributed by atoms with Gasteiger partial charge in [0.15, 0.2) is 5.82 Å². The SMILES string of the molecule is Cc1nnc2sc(-c3cccc(NC(=O)c4cc([N+](=O)[O-])ccc4N4CCOCC4)c3)nn12. The smallest absolute Gasteiger partial charge is 0.270 e. The second kappa shape index (κ2) is 8.56. The molecule has 1 aliphatic heterocycles. The van der Waals surface area contributed by atoms with Crippen molar-refractivity contribution in [3.8, 4) is 10.6 Å². The number of rotatable bonds is 5. The third kappa shape index (κ3) is 4.13. The number of non-ortho nitro benzene ring substituents is 1. The van der Waals surface area contributed by atoms with Crippen LogP contribution < -0.4 is 10.2 Å². The second-order valence-electron chi connectivity index (χ2n) is 7.44. The van der Waals surface area contributed by atoms with E-state index in [1.807, 2.05) is 30.0 Å². The van der Waals surface area contributed by atoms with Crippen molar-refractivity contribution in [3.05, 3.63) is 64.0 Å². The molecule has 12 heteroatoms. The molecule has 0 saturated carbocycles. The summed E-state index contributed by atoms with van der Waals surface area (Å²) in [5.74, 6) is 0.268. The molecule has 1 saturated heterocycles. The summed E-state index contributed by atoms with van der Waals surface area (Å²) in [7, 11) is 0. The van der Waals surface area contributed by atoms with E-state index in [0.717, 1.165) is 10.6 Å². The first kappa shape index (κ1) is 21.0. The predicted octanol–water partition coefficient (Wildman–Crippen LogP) is 3.16. The van der Waals surface area contributed by atoms with E-state index in [9.17, 15) is 14.9 Å². The zero-order valence-corrected chi connectivity index (χ0v) is 18.4. The molecule has 1 aliphatic rings. The van der Waals surface area contributed by atoms with Crippen LogP contribution in [0.25, 0.3) is 15.5 Å². The topological polar surface area (TPSA) is 128 Å². The van der Waals surface area contributed by atoms with E-state index in [0.29, 0.717) is 48.5 Å². The summed E-state index contributed by atoms with van der Waals surface area (Å²) >= 11 is 1.39. The minimum Gasteiger partial charge on any atom is -0.378 e. The van der Waals surface area contributed by atoms with Crippen molar-refractivity contribution < 1.29 is 14.5 Å². The van der Waals surface area contributed by atoms with Crippen LogP contribution in [-0.2, 0) is 4.74 Å². The van der Waals surface area contributed by atoms with Crippen LogP contribution in [0.4, 0.5) is 17.1 Å². The number of ether oxygens (including phenoxy) is 1. The van der Waals surface area contributed by atoms with Crippen LogP contribution in [0.3, 0.4) is 0 Å². The minimum absolute atomic E-state index is 0.138. The van der Waals surface area contributed by atoms with Gasteiger partial charge in [0.1, 0.15) is 5.01 Å². The molecule has 0 radical (unpaired) electrons. The molecule has 4 aromatic rings. The fourth-order valence-corrected chi connectivity index (χ4v) is 4.54. The molecule has 1 amide bonds. The van der Waals surface area contributed by atoms with Crippen molar-refractivity contribution in [3.63, 3.8) is 0 Å². The molecule has 11 nitrogen and oxygen atoms in total. The van der Waals surface area contributed by atoms with Crippen LogP contribution in [0, 0.1) is 17.0 Å². The molecule has 2 aromatic heterocycles. The van der Waals surface area contributed by atoms with Crippen LogP contribution in [0.5, 0.6) is 0 Å². The zero-order valence-electron chi connectivity index (χ0n) is 17.6. The Bertz CT molecular complexity index is 1360. The molecule has 1 fully saturated rings. The van der Waals surface area contributed by atoms with Crippen molar-refractivity contribution in [2.45, 2.75) is 6.92 Å². The molecule has 2 aromatic carbocycles. The first-order valence-corrected chi connectivity index (χ1v) is 11.0. The number of anilines is 2. The highest BCUT2D eigenvalue weighted by Gasteiger charge is 2.22. The molecule has 0 aliphatic carbocycles. The van der Waals surface area contributed by atoms with Gasteiger partial charge < -0.3 is 15.0 Å². The maximum Gasteiger partial charge on any atom is 0.270 e. The van der Waals surface area contributed by atoms with Crippen LogP contribution in [0.2, 0.25) is 0 Å². The molecule has 5 rings (SSSR count). The highest BCUT2D eigenvalue weighted by Crippen LogP contribution is 2.30. The lowest BCUT2D eigenvalue weighted by atomic mass is 10.1. The van der Waals surface area contributed by atoms with E-state index < -0.39 is 10.8 Å². The molecule has 168 valence electrons. The Hall–Kier alpha value is -3.90. The second-order valence-corrected chi connectivity index (χ2v) is 8.40.